The molecule has 0 radical (unpaired) electrons. The first kappa shape index (κ1) is 19.2. The molecule has 21 heavy (non-hydrogen) atoms. The number of nitrogens with two attached hydrogens (primary N) is 1. The molecule has 1 amide bonds. The van der Waals surface area contributed by atoms with Gasteiger partial charge in [-0.2, -0.15) is 0 Å². The lowest BCUT2D eigenvalue weighted by Gasteiger charge is -2.19. The molecule has 0 aromatic rings. The molecule has 0 atom stereocenters. The minimum Gasteiger partial charge on any atom is -0.444 e. The van der Waals surface area contributed by atoms with Gasteiger partial charge in [-0.1, -0.05) is 11.6 Å². The minimum atomic E-state index is -0.509. The molecule has 4 N–H and O–H groups in total. The number of carbonyl (C=O) groups excluding carboxylic acids is 1. The molecule has 0 bridgehead atoms. The summed E-state index contributed by atoms with van der Waals surface area (Å²) in [5.74, 6) is 0.270. The van der Waals surface area contributed by atoms with Crippen LogP contribution in [0.5, 0.6) is 0 Å². The lowest BCUT2D eigenvalue weighted by atomic mass is 10.2. The lowest BCUT2D eigenvalue weighted by molar-refractivity contribution is 0.0527. The Labute approximate surface area is 130 Å². The van der Waals surface area contributed by atoms with E-state index in [1.807, 2.05) is 0 Å². The highest BCUT2D eigenvalue weighted by Crippen LogP contribution is 2.06. The van der Waals surface area contributed by atoms with E-state index in [2.05, 4.69) is 27.3 Å². The third kappa shape index (κ3) is 8.91. The number of aliphatic imine (C=N–C) groups is 2. The van der Waals surface area contributed by atoms with E-state index < -0.39 is 11.7 Å². The number of carbonyl (C=O) groups is 1. The van der Waals surface area contributed by atoms with E-state index in [-0.39, 0.29) is 16.7 Å². The van der Waals surface area contributed by atoms with Crippen LogP contribution in [0.2, 0.25) is 0 Å². The van der Waals surface area contributed by atoms with Crippen LogP contribution in [-0.2, 0) is 4.74 Å². The van der Waals surface area contributed by atoms with Gasteiger partial charge in [0.05, 0.1) is 0 Å². The first-order valence-corrected chi connectivity index (χ1v) is 6.90. The van der Waals surface area contributed by atoms with E-state index in [0.29, 0.717) is 19.5 Å². The molecule has 0 unspecified atom stereocenters. The summed E-state index contributed by atoms with van der Waals surface area (Å²) in [5.41, 5.74) is 5.47. The van der Waals surface area contributed by atoms with E-state index in [0.717, 1.165) is 0 Å². The average molecular weight is 318 g/mol. The summed E-state index contributed by atoms with van der Waals surface area (Å²) in [7, 11) is 1.64. The Morgan fingerprint density at radius 2 is 2.05 bits per heavy atom. The van der Waals surface area contributed by atoms with Gasteiger partial charge >= 0.3 is 6.09 Å². The number of hydrogen-bond acceptors (Lipinski definition) is 5. The van der Waals surface area contributed by atoms with E-state index in [1.54, 1.807) is 27.8 Å². The monoisotopic (exact) mass is 317 g/mol. The number of amides is 1. The summed E-state index contributed by atoms with van der Waals surface area (Å²) in [6.07, 6.45) is 0.161. The molecule has 0 aliphatic rings. The standard InChI is InChI=1S/C13H24ClN5O2/c1-13(2,3)21-12(20)19-8-6-7-18-11(17-5)9(15)10(14)16-4/h16H,5-8,15H2,1-4H3,(H,19,20). The molecular weight excluding hydrogens is 294 g/mol. The topological polar surface area (TPSA) is 101 Å². The quantitative estimate of drug-likeness (QED) is 0.299. The number of halogens is 1. The molecule has 8 heteroatoms. The highest BCUT2D eigenvalue weighted by atomic mass is 35.5. The molecule has 0 aromatic carbocycles. The SMILES string of the molecule is C=NC(=NCCCNC(=O)OC(C)(C)C)C(N)=C(Cl)NC. The van der Waals surface area contributed by atoms with Crippen molar-refractivity contribution in [3.63, 3.8) is 0 Å². The predicted octanol–water partition coefficient (Wildman–Crippen LogP) is 1.59. The van der Waals surface area contributed by atoms with Gasteiger partial charge in [-0.3, -0.25) is 4.99 Å². The number of alkyl carbamates (subject to hydrolysis) is 1. The Morgan fingerprint density at radius 1 is 1.43 bits per heavy atom. The molecule has 120 valence electrons. The molecule has 0 saturated heterocycles. The van der Waals surface area contributed by atoms with E-state index in [9.17, 15) is 4.79 Å². The van der Waals surface area contributed by atoms with Crippen molar-refractivity contribution >= 4 is 30.2 Å². The maximum Gasteiger partial charge on any atom is 0.407 e. The van der Waals surface area contributed by atoms with Crippen molar-refractivity contribution in [3.8, 4) is 0 Å². The van der Waals surface area contributed by atoms with Gasteiger partial charge in [-0.25, -0.2) is 9.79 Å². The Kier molecular flexibility index (Phi) is 8.45. The molecular formula is C13H24ClN5O2. The van der Waals surface area contributed by atoms with Crippen molar-refractivity contribution in [2.45, 2.75) is 32.8 Å². The summed E-state index contributed by atoms with van der Waals surface area (Å²) >= 11 is 5.83. The largest absolute Gasteiger partial charge is 0.444 e. The first-order valence-electron chi connectivity index (χ1n) is 6.52. The highest BCUT2D eigenvalue weighted by molar-refractivity contribution is 6.31. The normalized spacial score (nSPS) is 13.3. The molecule has 0 fully saturated rings. The third-order valence-corrected chi connectivity index (χ3v) is 2.50. The van der Waals surface area contributed by atoms with Gasteiger partial charge in [0.2, 0.25) is 0 Å². The van der Waals surface area contributed by atoms with Gasteiger partial charge in [-0.05, 0) is 33.9 Å². The first-order chi connectivity index (χ1) is 9.71. The van der Waals surface area contributed by atoms with Crippen LogP contribution in [0.25, 0.3) is 0 Å². The van der Waals surface area contributed by atoms with E-state index >= 15 is 0 Å². The smallest absolute Gasteiger partial charge is 0.407 e. The van der Waals surface area contributed by atoms with Crippen molar-refractivity contribution in [1.29, 1.82) is 0 Å². The Morgan fingerprint density at radius 3 is 2.52 bits per heavy atom. The number of nitrogens with zero attached hydrogens (tertiary/aromatic N) is 2. The van der Waals surface area contributed by atoms with E-state index in [4.69, 9.17) is 22.1 Å². The second-order valence-corrected chi connectivity index (χ2v) is 5.50. The minimum absolute atomic E-state index is 0.231. The average Bonchev–Trinajstić information content (AvgIpc) is 2.39. The van der Waals surface area contributed by atoms with Crippen molar-refractivity contribution < 1.29 is 9.53 Å². The zero-order valence-corrected chi connectivity index (χ0v) is 13.8. The Hall–Kier alpha value is -1.76. The lowest BCUT2D eigenvalue weighted by Crippen LogP contribution is -2.33. The number of rotatable bonds is 6. The Bertz CT molecular complexity index is 427. The summed E-state index contributed by atoms with van der Waals surface area (Å²) in [5, 5.41) is 5.59. The summed E-state index contributed by atoms with van der Waals surface area (Å²) < 4.78 is 5.10. The maximum absolute atomic E-state index is 11.4. The van der Waals surface area contributed by atoms with Crippen LogP contribution < -0.4 is 16.4 Å². The fourth-order valence-electron chi connectivity index (χ4n) is 1.22. The fourth-order valence-corrected chi connectivity index (χ4v) is 1.31. The molecule has 0 rings (SSSR count). The highest BCUT2D eigenvalue weighted by Gasteiger charge is 2.15. The van der Waals surface area contributed by atoms with Crippen LogP contribution in [0.15, 0.2) is 20.8 Å². The fraction of sp³-hybridized carbons (Fsp3) is 0.615. The molecule has 0 saturated carbocycles. The van der Waals surface area contributed by atoms with Crippen molar-refractivity contribution in [1.82, 2.24) is 10.6 Å². The third-order valence-electron chi connectivity index (χ3n) is 2.11. The van der Waals surface area contributed by atoms with Gasteiger partial charge in [0, 0.05) is 20.1 Å². The van der Waals surface area contributed by atoms with Gasteiger partial charge in [-0.15, -0.1) is 0 Å². The molecule has 0 heterocycles. The van der Waals surface area contributed by atoms with Gasteiger partial charge in [0.1, 0.15) is 16.5 Å². The molecule has 0 spiro atoms. The molecule has 0 aromatic heterocycles. The van der Waals surface area contributed by atoms with Crippen LogP contribution in [0.1, 0.15) is 27.2 Å². The van der Waals surface area contributed by atoms with Crippen LogP contribution in [0, 0.1) is 0 Å². The second kappa shape index (κ2) is 9.23. The van der Waals surface area contributed by atoms with E-state index in [1.165, 1.54) is 0 Å². The van der Waals surface area contributed by atoms with Crippen molar-refractivity contribution in [2.75, 3.05) is 20.1 Å². The Balaban J connectivity index is 4.21. The number of hydrogen-bond donors (Lipinski definition) is 3. The van der Waals surface area contributed by atoms with Crippen LogP contribution >= 0.6 is 11.6 Å². The number of nitrogens with one attached hydrogen (secondary N) is 2. The summed E-state index contributed by atoms with van der Waals surface area (Å²) in [6, 6.07) is 0. The van der Waals surface area contributed by atoms with Crippen molar-refractivity contribution in [3.05, 3.63) is 10.9 Å². The maximum atomic E-state index is 11.4. The summed E-state index contributed by atoms with van der Waals surface area (Å²) in [6.45, 7) is 9.68. The zero-order chi connectivity index (χ0) is 16.5. The number of ether oxygens (including phenoxy) is 1. The van der Waals surface area contributed by atoms with Gasteiger partial charge in [0.25, 0.3) is 0 Å². The summed E-state index contributed by atoms with van der Waals surface area (Å²) in [4.78, 5) is 19.3. The van der Waals surface area contributed by atoms with Gasteiger partial charge < -0.3 is 21.1 Å². The predicted molar refractivity (Wildman–Crippen MR) is 86.8 cm³/mol. The number of amidine groups is 1. The van der Waals surface area contributed by atoms with Crippen LogP contribution in [0.3, 0.4) is 0 Å². The zero-order valence-electron chi connectivity index (χ0n) is 13.0. The van der Waals surface area contributed by atoms with Crippen LogP contribution in [0.4, 0.5) is 4.79 Å². The van der Waals surface area contributed by atoms with Gasteiger partial charge in [0.15, 0.2) is 5.84 Å². The van der Waals surface area contributed by atoms with Crippen LogP contribution in [-0.4, -0.2) is 44.4 Å². The molecule has 0 aliphatic heterocycles. The molecule has 0 aliphatic carbocycles. The molecule has 7 nitrogen and oxygen atoms in total. The van der Waals surface area contributed by atoms with Crippen molar-refractivity contribution in [2.24, 2.45) is 15.7 Å². The second-order valence-electron chi connectivity index (χ2n) is 5.12.